The number of rotatable bonds is 5. The van der Waals surface area contributed by atoms with Gasteiger partial charge in [-0.15, -0.1) is 0 Å². The molecule has 1 N–H and O–H groups in total. The lowest BCUT2D eigenvalue weighted by Crippen LogP contribution is -2.14. The van der Waals surface area contributed by atoms with Crippen LogP contribution in [0.3, 0.4) is 0 Å². The Morgan fingerprint density at radius 2 is 1.87 bits per heavy atom. The molecule has 3 rings (SSSR count). The van der Waals surface area contributed by atoms with Crippen molar-refractivity contribution in [2.75, 3.05) is 6.61 Å². The first-order chi connectivity index (χ1) is 11.1. The summed E-state index contributed by atoms with van der Waals surface area (Å²) in [6.45, 7) is 0.716. The number of benzene rings is 2. The average Bonchev–Trinajstić information content (AvgIpc) is 2.82. The van der Waals surface area contributed by atoms with Gasteiger partial charge in [-0.1, -0.05) is 41.9 Å². The molecule has 23 heavy (non-hydrogen) atoms. The zero-order chi connectivity index (χ0) is 16.4. The third-order valence-corrected chi connectivity index (χ3v) is 4.64. The number of aromatic nitrogens is 1. The first-order valence-electron chi connectivity index (χ1n) is 6.97. The average molecular weight is 395 g/mol. The van der Waals surface area contributed by atoms with Crippen molar-refractivity contribution in [1.29, 1.82) is 0 Å². The number of hydrogen-bond acceptors (Lipinski definition) is 2. The molecule has 2 aromatic carbocycles. The molecule has 0 radical (unpaired) electrons. The van der Waals surface area contributed by atoms with Crippen molar-refractivity contribution < 1.29 is 14.6 Å². The molecule has 1 heterocycles. The van der Waals surface area contributed by atoms with Gasteiger partial charge in [0.15, 0.2) is 0 Å². The molecular formula is C17H13BrClNO3. The van der Waals surface area contributed by atoms with Crippen LogP contribution in [0, 0.1) is 0 Å². The third-order valence-electron chi connectivity index (χ3n) is 3.52. The molecule has 0 aliphatic heterocycles. The number of hydrogen-bond donors (Lipinski definition) is 1. The van der Waals surface area contributed by atoms with Gasteiger partial charge in [-0.2, -0.15) is 0 Å². The molecule has 4 nitrogen and oxygen atoms in total. The summed E-state index contributed by atoms with van der Waals surface area (Å²) >= 11 is 9.44. The zero-order valence-corrected chi connectivity index (χ0v) is 14.3. The monoisotopic (exact) mass is 393 g/mol. The van der Waals surface area contributed by atoms with E-state index in [4.69, 9.17) is 16.3 Å². The minimum absolute atomic E-state index is 0.217. The van der Waals surface area contributed by atoms with E-state index in [1.54, 1.807) is 16.7 Å². The van der Waals surface area contributed by atoms with Crippen LogP contribution in [0.4, 0.5) is 0 Å². The molecule has 0 saturated heterocycles. The third kappa shape index (κ3) is 3.07. The molecule has 0 amide bonds. The highest BCUT2D eigenvalue weighted by Crippen LogP contribution is 2.31. The lowest BCUT2D eigenvalue weighted by atomic mass is 10.2. The maximum Gasteiger partial charge on any atom is 0.353 e. The van der Waals surface area contributed by atoms with Crippen molar-refractivity contribution in [3.63, 3.8) is 0 Å². The summed E-state index contributed by atoms with van der Waals surface area (Å²) < 4.78 is 7.99. The van der Waals surface area contributed by atoms with Crippen LogP contribution in [0.2, 0.25) is 5.02 Å². The number of carboxylic acids is 1. The first kappa shape index (κ1) is 15.9. The summed E-state index contributed by atoms with van der Waals surface area (Å²) in [6, 6.07) is 14.7. The van der Waals surface area contributed by atoms with Gasteiger partial charge in [0.05, 0.1) is 16.0 Å². The molecule has 0 fully saturated rings. The molecular weight excluding hydrogens is 382 g/mol. The molecule has 0 spiro atoms. The molecule has 0 aliphatic rings. The Kier molecular flexibility index (Phi) is 4.59. The Morgan fingerprint density at radius 1 is 1.17 bits per heavy atom. The van der Waals surface area contributed by atoms with Crippen molar-refractivity contribution in [2.24, 2.45) is 0 Å². The Hall–Kier alpha value is -1.98. The quantitative estimate of drug-likeness (QED) is 0.674. The minimum atomic E-state index is -0.981. The first-order valence-corrected chi connectivity index (χ1v) is 8.14. The topological polar surface area (TPSA) is 51.5 Å². The molecule has 0 unspecified atom stereocenters. The highest BCUT2D eigenvalue weighted by atomic mass is 79.9. The van der Waals surface area contributed by atoms with Gasteiger partial charge in [0.25, 0.3) is 0 Å². The fraction of sp³-hybridized carbons (Fsp3) is 0.118. The normalized spacial score (nSPS) is 10.9. The SMILES string of the molecule is O=C(O)c1c(Br)c2ccccc2n1CCOc1ccccc1Cl. The smallest absolute Gasteiger partial charge is 0.353 e. The maximum atomic E-state index is 11.6. The van der Waals surface area contributed by atoms with Gasteiger partial charge in [-0.05, 0) is 34.1 Å². The fourth-order valence-electron chi connectivity index (χ4n) is 2.51. The van der Waals surface area contributed by atoms with Crippen LogP contribution in [-0.4, -0.2) is 22.2 Å². The van der Waals surface area contributed by atoms with Crippen LogP contribution in [-0.2, 0) is 6.54 Å². The van der Waals surface area contributed by atoms with Crippen LogP contribution in [0.15, 0.2) is 53.0 Å². The van der Waals surface area contributed by atoms with E-state index < -0.39 is 5.97 Å². The molecule has 0 saturated carbocycles. The van der Waals surface area contributed by atoms with E-state index in [1.807, 2.05) is 36.4 Å². The maximum absolute atomic E-state index is 11.6. The predicted octanol–water partition coefficient (Wildman–Crippen LogP) is 4.83. The van der Waals surface area contributed by atoms with Crippen LogP contribution in [0.1, 0.15) is 10.5 Å². The summed E-state index contributed by atoms with van der Waals surface area (Å²) in [6.07, 6.45) is 0. The molecule has 0 bridgehead atoms. The Balaban J connectivity index is 1.89. The number of carbonyl (C=O) groups is 1. The number of nitrogens with zero attached hydrogens (tertiary/aromatic N) is 1. The van der Waals surface area contributed by atoms with Gasteiger partial charge in [-0.3, -0.25) is 0 Å². The van der Waals surface area contributed by atoms with E-state index in [1.165, 1.54) is 0 Å². The van der Waals surface area contributed by atoms with E-state index in [-0.39, 0.29) is 5.69 Å². The van der Waals surface area contributed by atoms with E-state index in [2.05, 4.69) is 15.9 Å². The van der Waals surface area contributed by atoms with Crippen molar-refractivity contribution in [2.45, 2.75) is 6.54 Å². The number of para-hydroxylation sites is 2. The second-order valence-corrected chi connectivity index (χ2v) is 6.12. The molecule has 1 aromatic heterocycles. The number of carboxylic acid groups (broad SMARTS) is 1. The highest BCUT2D eigenvalue weighted by molar-refractivity contribution is 9.10. The number of halogens is 2. The lowest BCUT2D eigenvalue weighted by molar-refractivity contribution is 0.0683. The van der Waals surface area contributed by atoms with Crippen LogP contribution in [0.25, 0.3) is 10.9 Å². The van der Waals surface area contributed by atoms with Crippen molar-refractivity contribution in [1.82, 2.24) is 4.57 Å². The van der Waals surface area contributed by atoms with Crippen LogP contribution >= 0.6 is 27.5 Å². The van der Waals surface area contributed by atoms with Gasteiger partial charge >= 0.3 is 5.97 Å². The van der Waals surface area contributed by atoms with Crippen molar-refractivity contribution in [3.05, 3.63) is 63.7 Å². The fourth-order valence-corrected chi connectivity index (χ4v) is 3.42. The Morgan fingerprint density at radius 3 is 2.61 bits per heavy atom. The van der Waals surface area contributed by atoms with Crippen molar-refractivity contribution >= 4 is 44.4 Å². The highest BCUT2D eigenvalue weighted by Gasteiger charge is 2.20. The van der Waals surface area contributed by atoms with Gasteiger partial charge in [0.1, 0.15) is 18.1 Å². The summed E-state index contributed by atoms with van der Waals surface area (Å²) in [4.78, 5) is 11.6. The van der Waals surface area contributed by atoms with Gasteiger partial charge in [0.2, 0.25) is 0 Å². The standard InChI is InChI=1S/C17H13BrClNO3/c18-15-11-5-1-3-7-13(11)20(16(15)17(21)22)9-10-23-14-8-4-2-6-12(14)19/h1-8H,9-10H2,(H,21,22). The lowest BCUT2D eigenvalue weighted by Gasteiger charge is -2.11. The summed E-state index contributed by atoms with van der Waals surface area (Å²) in [5.74, 6) is -0.396. The Bertz CT molecular complexity index is 875. The molecule has 118 valence electrons. The summed E-state index contributed by atoms with van der Waals surface area (Å²) in [7, 11) is 0. The van der Waals surface area contributed by atoms with E-state index in [9.17, 15) is 9.90 Å². The van der Waals surface area contributed by atoms with E-state index in [0.717, 1.165) is 10.9 Å². The van der Waals surface area contributed by atoms with Gasteiger partial charge in [0, 0.05) is 10.9 Å². The molecule has 0 atom stereocenters. The number of aromatic carboxylic acids is 1. The van der Waals surface area contributed by atoms with E-state index >= 15 is 0 Å². The minimum Gasteiger partial charge on any atom is -0.490 e. The molecule has 6 heteroatoms. The predicted molar refractivity (Wildman–Crippen MR) is 93.5 cm³/mol. The van der Waals surface area contributed by atoms with Crippen LogP contribution in [0.5, 0.6) is 5.75 Å². The largest absolute Gasteiger partial charge is 0.490 e. The van der Waals surface area contributed by atoms with Gasteiger partial charge in [-0.25, -0.2) is 4.79 Å². The summed E-state index contributed by atoms with van der Waals surface area (Å²) in [5, 5.41) is 10.9. The zero-order valence-electron chi connectivity index (χ0n) is 12.0. The molecule has 0 aliphatic carbocycles. The number of fused-ring (bicyclic) bond motifs is 1. The summed E-state index contributed by atoms with van der Waals surface area (Å²) in [5.41, 5.74) is 1.06. The van der Waals surface area contributed by atoms with E-state index in [0.29, 0.717) is 28.4 Å². The van der Waals surface area contributed by atoms with Crippen molar-refractivity contribution in [3.8, 4) is 5.75 Å². The Labute approximate surface area is 146 Å². The van der Waals surface area contributed by atoms with Gasteiger partial charge < -0.3 is 14.4 Å². The van der Waals surface area contributed by atoms with Crippen LogP contribution < -0.4 is 4.74 Å². The molecule has 3 aromatic rings. The number of ether oxygens (including phenoxy) is 1. The second-order valence-electron chi connectivity index (χ2n) is 4.92. The second kappa shape index (κ2) is 6.64.